The minimum Gasteiger partial charge on any atom is -0.463 e. The van der Waals surface area contributed by atoms with Gasteiger partial charge in [-0.25, -0.2) is 0 Å². The van der Waals surface area contributed by atoms with Crippen molar-refractivity contribution in [2.75, 3.05) is 13.2 Å². The van der Waals surface area contributed by atoms with E-state index in [0.29, 0.717) is 19.3 Å². The number of carbonyl (C=O) groups excluding carboxylic acids is 3. The second-order valence-electron chi connectivity index (χ2n) is 7.30. The van der Waals surface area contributed by atoms with E-state index in [0.717, 1.165) is 6.42 Å². The summed E-state index contributed by atoms with van der Waals surface area (Å²) in [6.07, 6.45) is 5.43. The summed E-state index contributed by atoms with van der Waals surface area (Å²) in [5.74, 6) is -1.42. The zero-order valence-corrected chi connectivity index (χ0v) is 17.4. The third-order valence-corrected chi connectivity index (χ3v) is 4.28. The number of aliphatic hydroxyl groups excluding tert-OH is 1. The second kappa shape index (κ2) is 14.9. The normalized spacial score (nSPS) is 13.9. The van der Waals surface area contributed by atoms with Gasteiger partial charge in [0.15, 0.2) is 0 Å². The third-order valence-electron chi connectivity index (χ3n) is 4.28. The highest BCUT2D eigenvalue weighted by atomic mass is 16.5. The van der Waals surface area contributed by atoms with Gasteiger partial charge in [0.05, 0.1) is 18.6 Å². The molecule has 0 heterocycles. The van der Waals surface area contributed by atoms with E-state index < -0.39 is 5.92 Å². The molecule has 0 bridgehead atoms. The molecule has 0 aliphatic carbocycles. The Bertz CT molecular complexity index is 519. The highest BCUT2D eigenvalue weighted by Gasteiger charge is 2.25. The lowest BCUT2D eigenvalue weighted by molar-refractivity contribution is -0.145. The first kappa shape index (κ1) is 25.9. The Morgan fingerprint density at radius 3 is 2.32 bits per heavy atom. The van der Waals surface area contributed by atoms with Gasteiger partial charge in [-0.05, 0) is 32.1 Å². The van der Waals surface area contributed by atoms with Crippen molar-refractivity contribution < 1.29 is 24.2 Å². The quantitative estimate of drug-likeness (QED) is 0.223. The van der Waals surface area contributed by atoms with Crippen LogP contribution in [0.3, 0.4) is 0 Å². The Morgan fingerprint density at radius 2 is 1.79 bits per heavy atom. The smallest absolute Gasteiger partial charge is 0.305 e. The Kier molecular flexibility index (Phi) is 13.7. The molecule has 0 aliphatic rings. The summed E-state index contributed by atoms with van der Waals surface area (Å²) in [5, 5.41) is 14.5. The molecule has 0 fully saturated rings. The molecule has 0 aromatic carbocycles. The molecule has 0 aliphatic heterocycles. The van der Waals surface area contributed by atoms with Crippen LogP contribution in [0.4, 0.5) is 0 Å². The molecule has 7 heteroatoms. The van der Waals surface area contributed by atoms with Gasteiger partial charge < -0.3 is 20.5 Å². The molecule has 3 N–H and O–H groups in total. The maximum Gasteiger partial charge on any atom is 0.305 e. The molecule has 0 rings (SSSR count). The van der Waals surface area contributed by atoms with E-state index in [-0.39, 0.29) is 55.4 Å². The van der Waals surface area contributed by atoms with Crippen molar-refractivity contribution in [3.8, 4) is 0 Å². The zero-order valence-electron chi connectivity index (χ0n) is 17.4. The maximum absolute atomic E-state index is 12.7. The second-order valence-corrected chi connectivity index (χ2v) is 7.30. The molecule has 0 radical (unpaired) electrons. The maximum atomic E-state index is 12.7. The average Bonchev–Trinajstić information content (AvgIpc) is 2.64. The summed E-state index contributed by atoms with van der Waals surface area (Å²) in [7, 11) is 0. The van der Waals surface area contributed by atoms with Gasteiger partial charge in [0.2, 0.25) is 11.8 Å². The Morgan fingerprint density at radius 1 is 1.11 bits per heavy atom. The first-order valence-corrected chi connectivity index (χ1v) is 9.83. The monoisotopic (exact) mass is 396 g/mol. The molecule has 7 nitrogen and oxygen atoms in total. The van der Waals surface area contributed by atoms with Crippen LogP contribution < -0.4 is 10.6 Å². The Hall–Kier alpha value is -2.15. The Balaban J connectivity index is 4.73. The minimum absolute atomic E-state index is 0.00561. The lowest BCUT2D eigenvalue weighted by Crippen LogP contribution is -2.46. The number of aliphatic hydroxyl groups is 1. The number of ether oxygens (including phenoxy) is 1. The molecule has 0 saturated heterocycles. The minimum atomic E-state index is -0.576. The van der Waals surface area contributed by atoms with Crippen LogP contribution in [-0.2, 0) is 19.1 Å². The lowest BCUT2D eigenvalue weighted by Gasteiger charge is -2.25. The number of unbranched alkanes of at least 4 members (excludes halogenated alkanes) is 1. The molecule has 0 saturated carbocycles. The van der Waals surface area contributed by atoms with Crippen molar-refractivity contribution in [2.45, 2.75) is 65.0 Å². The van der Waals surface area contributed by atoms with E-state index in [4.69, 9.17) is 9.84 Å². The first-order valence-electron chi connectivity index (χ1n) is 9.83. The van der Waals surface area contributed by atoms with E-state index >= 15 is 0 Å². The predicted molar refractivity (Wildman–Crippen MR) is 109 cm³/mol. The topological polar surface area (TPSA) is 105 Å². The fourth-order valence-electron chi connectivity index (χ4n) is 2.43. The van der Waals surface area contributed by atoms with Crippen molar-refractivity contribution in [2.24, 2.45) is 11.8 Å². The molecule has 0 unspecified atom stereocenters. The summed E-state index contributed by atoms with van der Waals surface area (Å²) >= 11 is 0. The number of esters is 1. The van der Waals surface area contributed by atoms with E-state index in [1.807, 2.05) is 13.8 Å². The van der Waals surface area contributed by atoms with Gasteiger partial charge in [-0.3, -0.25) is 14.4 Å². The number of hydrogen-bond acceptors (Lipinski definition) is 5. The summed E-state index contributed by atoms with van der Waals surface area (Å²) in [5.41, 5.74) is 0. The first-order chi connectivity index (χ1) is 13.2. The summed E-state index contributed by atoms with van der Waals surface area (Å²) in [6.45, 7) is 12.7. The number of hydrogen-bond donors (Lipinski definition) is 3. The van der Waals surface area contributed by atoms with Crippen molar-refractivity contribution in [1.82, 2.24) is 10.6 Å². The van der Waals surface area contributed by atoms with Gasteiger partial charge in [-0.1, -0.05) is 26.0 Å². The highest BCUT2D eigenvalue weighted by molar-refractivity contribution is 5.86. The summed E-state index contributed by atoms with van der Waals surface area (Å²) in [4.78, 5) is 36.5. The van der Waals surface area contributed by atoms with E-state index in [9.17, 15) is 14.4 Å². The van der Waals surface area contributed by atoms with Gasteiger partial charge in [0.25, 0.3) is 0 Å². The van der Waals surface area contributed by atoms with Gasteiger partial charge in [-0.15, -0.1) is 13.2 Å². The lowest BCUT2D eigenvalue weighted by atomic mass is 9.97. The third kappa shape index (κ3) is 11.5. The van der Waals surface area contributed by atoms with Crippen LogP contribution in [0.25, 0.3) is 0 Å². The van der Waals surface area contributed by atoms with Gasteiger partial charge >= 0.3 is 5.97 Å². The van der Waals surface area contributed by atoms with Crippen LogP contribution in [0.2, 0.25) is 0 Å². The molecule has 2 amide bonds. The number of allylic oxidation sites excluding steroid dienone is 2. The molecular formula is C21H36N2O5. The van der Waals surface area contributed by atoms with Crippen LogP contribution in [0.15, 0.2) is 25.3 Å². The number of carbonyl (C=O) groups is 3. The molecule has 28 heavy (non-hydrogen) atoms. The fourth-order valence-corrected chi connectivity index (χ4v) is 2.43. The number of nitrogens with one attached hydrogen (secondary N) is 2. The molecule has 0 aromatic heterocycles. The van der Waals surface area contributed by atoms with Crippen molar-refractivity contribution in [3.63, 3.8) is 0 Å². The summed E-state index contributed by atoms with van der Waals surface area (Å²) < 4.78 is 5.29. The predicted octanol–water partition coefficient (Wildman–Crippen LogP) is 2.11. The van der Waals surface area contributed by atoms with Crippen LogP contribution in [-0.4, -0.2) is 48.2 Å². The summed E-state index contributed by atoms with van der Waals surface area (Å²) in [6, 6.07) is -0.716. The van der Waals surface area contributed by atoms with Crippen molar-refractivity contribution in [3.05, 3.63) is 25.3 Å². The average molecular weight is 397 g/mol. The van der Waals surface area contributed by atoms with Gasteiger partial charge in [0.1, 0.15) is 6.61 Å². The SMILES string of the molecule is C=CCCCC(=O)OC[C@@H](NC(=O)[C@H](CC=C)CC(=O)N[C@@H](C)CO)C(C)C. The van der Waals surface area contributed by atoms with Crippen molar-refractivity contribution >= 4 is 17.8 Å². The largest absolute Gasteiger partial charge is 0.463 e. The van der Waals surface area contributed by atoms with E-state index in [2.05, 4.69) is 23.8 Å². The molecule has 0 spiro atoms. The highest BCUT2D eigenvalue weighted by Crippen LogP contribution is 2.13. The van der Waals surface area contributed by atoms with Crippen LogP contribution in [0.1, 0.15) is 52.9 Å². The molecule has 160 valence electrons. The van der Waals surface area contributed by atoms with E-state index in [1.54, 1.807) is 19.1 Å². The fraction of sp³-hybridized carbons (Fsp3) is 0.667. The zero-order chi connectivity index (χ0) is 21.5. The van der Waals surface area contributed by atoms with Crippen LogP contribution >= 0.6 is 0 Å². The Labute approximate surface area is 168 Å². The van der Waals surface area contributed by atoms with Gasteiger partial charge in [-0.2, -0.15) is 0 Å². The standard InChI is InChI=1S/C21H36N2O5/c1-6-8-9-11-20(26)28-14-18(15(3)4)23-21(27)17(10-7-2)12-19(25)22-16(5)13-24/h6-7,15-18,24H,1-2,8-14H2,3-5H3,(H,22,25)(H,23,27)/t16-,17+,18+/m0/s1. The molecule has 3 atom stereocenters. The number of rotatable bonds is 15. The van der Waals surface area contributed by atoms with Gasteiger partial charge in [0, 0.05) is 18.9 Å². The van der Waals surface area contributed by atoms with Crippen molar-refractivity contribution in [1.29, 1.82) is 0 Å². The van der Waals surface area contributed by atoms with Crippen LogP contribution in [0.5, 0.6) is 0 Å². The molecular weight excluding hydrogens is 360 g/mol. The van der Waals surface area contributed by atoms with E-state index in [1.165, 1.54) is 0 Å². The van der Waals surface area contributed by atoms with Crippen LogP contribution in [0, 0.1) is 11.8 Å². The molecule has 0 aromatic rings. The number of amides is 2.